The summed E-state index contributed by atoms with van der Waals surface area (Å²) in [5.41, 5.74) is 7.41. The number of carbonyl (C=O) groups is 1. The maximum Gasteiger partial charge on any atom is 0.209 e. The van der Waals surface area contributed by atoms with Crippen molar-refractivity contribution in [1.82, 2.24) is 0 Å². The minimum absolute atomic E-state index is 0.0773. The summed E-state index contributed by atoms with van der Waals surface area (Å²) in [4.78, 5) is 16.0. The lowest BCUT2D eigenvalue weighted by molar-refractivity contribution is -0.438. The first-order valence-electron chi connectivity index (χ1n) is 14.3. The van der Waals surface area contributed by atoms with E-state index >= 15 is 0 Å². The van der Waals surface area contributed by atoms with Gasteiger partial charge in [-0.3, -0.25) is 4.79 Å². The highest BCUT2D eigenvalue weighted by molar-refractivity contribution is 14.1. The Morgan fingerprint density at radius 1 is 0.949 bits per heavy atom. The number of anilines is 1. The lowest BCUT2D eigenvalue weighted by Crippen LogP contribution is -2.32. The van der Waals surface area contributed by atoms with Crippen LogP contribution in [0.25, 0.3) is 0 Å². The van der Waals surface area contributed by atoms with E-state index in [2.05, 4.69) is 116 Å². The van der Waals surface area contributed by atoms with Crippen LogP contribution in [0.4, 0.5) is 11.4 Å². The van der Waals surface area contributed by atoms with Crippen LogP contribution in [0.2, 0.25) is 0 Å². The molecule has 39 heavy (non-hydrogen) atoms. The van der Waals surface area contributed by atoms with E-state index in [0.717, 1.165) is 50.2 Å². The molecule has 4 nitrogen and oxygen atoms in total. The molecule has 2 aromatic carbocycles. The molecule has 0 unspecified atom stereocenters. The van der Waals surface area contributed by atoms with E-state index in [1.165, 1.54) is 26.1 Å². The SMILES string of the molecule is CCCCN1/C(=C/C2=C(O)C(=C\C3=[N+](CCCC)c4ccccc4C3(C)C)/C2=O)C(C)(C)c2cc(I)ccc21. The zero-order chi connectivity index (χ0) is 28.1. The van der Waals surface area contributed by atoms with Gasteiger partial charge in [0.25, 0.3) is 0 Å². The summed E-state index contributed by atoms with van der Waals surface area (Å²) in [6.07, 6.45) is 8.20. The van der Waals surface area contributed by atoms with Crippen LogP contribution in [0.3, 0.4) is 0 Å². The number of halogens is 1. The first-order chi connectivity index (χ1) is 18.5. The van der Waals surface area contributed by atoms with Gasteiger partial charge in [-0.1, -0.05) is 58.7 Å². The third-order valence-electron chi connectivity index (χ3n) is 8.69. The van der Waals surface area contributed by atoms with Gasteiger partial charge in [0.1, 0.15) is 12.3 Å². The summed E-state index contributed by atoms with van der Waals surface area (Å²) >= 11 is 2.37. The number of aliphatic hydroxyl groups is 1. The fourth-order valence-electron chi connectivity index (χ4n) is 6.31. The molecule has 0 spiro atoms. The monoisotopic (exact) mass is 635 g/mol. The third-order valence-corrected chi connectivity index (χ3v) is 9.36. The van der Waals surface area contributed by atoms with E-state index in [1.54, 1.807) is 0 Å². The van der Waals surface area contributed by atoms with Crippen molar-refractivity contribution in [2.75, 3.05) is 18.0 Å². The topological polar surface area (TPSA) is 43.5 Å². The van der Waals surface area contributed by atoms with E-state index in [-0.39, 0.29) is 22.4 Å². The van der Waals surface area contributed by atoms with Crippen LogP contribution in [0.15, 0.2) is 77.2 Å². The Balaban J connectivity index is 1.58. The Bertz CT molecular complexity index is 1470. The standard InChI is InChI=1S/C34H39IN2O2/c1-7-9-17-36-27-14-12-11-13-25(27)33(3,4)29(36)20-23-31(38)24(32(23)39)21-30-34(5,6)26-19-22(35)15-16-28(26)37(30)18-10-8-2/h11-16,19-21H,7-10,17-18H2,1-6H3/p+1. The number of nitrogens with zero attached hydrogens (tertiary/aromatic N) is 2. The number of carbonyl (C=O) groups excluding carboxylic acids is 1. The predicted molar refractivity (Wildman–Crippen MR) is 169 cm³/mol. The van der Waals surface area contributed by atoms with Crippen LogP contribution >= 0.6 is 22.6 Å². The van der Waals surface area contributed by atoms with E-state index < -0.39 is 0 Å². The third kappa shape index (κ3) is 4.51. The Kier molecular flexibility index (Phi) is 7.42. The Morgan fingerprint density at radius 2 is 1.67 bits per heavy atom. The lowest BCUT2D eigenvalue weighted by atomic mass is 9.77. The van der Waals surface area contributed by atoms with Crippen molar-refractivity contribution in [2.24, 2.45) is 0 Å². The van der Waals surface area contributed by atoms with Gasteiger partial charge in [-0.25, -0.2) is 0 Å². The smallest absolute Gasteiger partial charge is 0.209 e. The van der Waals surface area contributed by atoms with Gasteiger partial charge in [-0.15, -0.1) is 0 Å². The number of rotatable bonds is 8. The summed E-state index contributed by atoms with van der Waals surface area (Å²) in [6.45, 7) is 15.0. The lowest BCUT2D eigenvalue weighted by Gasteiger charge is -2.29. The van der Waals surface area contributed by atoms with Gasteiger partial charge in [0, 0.05) is 51.0 Å². The number of Topliss-reactive ketones (excluding diaryl/α,β-unsaturated/α-hetero) is 1. The Hall–Kier alpha value is -2.67. The number of unbranched alkanes of at least 4 members (excludes halogenated alkanes) is 2. The van der Waals surface area contributed by atoms with Crippen molar-refractivity contribution in [2.45, 2.75) is 78.1 Å². The van der Waals surface area contributed by atoms with E-state index in [0.29, 0.717) is 11.1 Å². The molecule has 0 aromatic heterocycles. The number of allylic oxidation sites excluding steroid dienone is 5. The fourth-order valence-corrected chi connectivity index (χ4v) is 6.80. The number of benzene rings is 2. The first kappa shape index (κ1) is 27.9. The van der Waals surface area contributed by atoms with Crippen LogP contribution in [0.5, 0.6) is 0 Å². The molecule has 0 saturated heterocycles. The number of hydrogen-bond donors (Lipinski definition) is 1. The molecule has 204 valence electrons. The molecule has 0 atom stereocenters. The molecule has 0 bridgehead atoms. The van der Waals surface area contributed by atoms with Crippen molar-refractivity contribution in [3.63, 3.8) is 0 Å². The molecule has 2 aliphatic heterocycles. The van der Waals surface area contributed by atoms with Crippen molar-refractivity contribution >= 4 is 45.5 Å². The normalized spacial score (nSPS) is 21.2. The molecule has 0 fully saturated rings. The molecule has 2 heterocycles. The number of fused-ring (bicyclic) bond motifs is 2. The zero-order valence-electron chi connectivity index (χ0n) is 24.1. The zero-order valence-corrected chi connectivity index (χ0v) is 26.2. The molecule has 5 rings (SSSR count). The first-order valence-corrected chi connectivity index (χ1v) is 15.4. The Labute approximate surface area is 247 Å². The second kappa shape index (κ2) is 10.4. The van der Waals surface area contributed by atoms with Crippen molar-refractivity contribution in [3.8, 4) is 0 Å². The van der Waals surface area contributed by atoms with Crippen LogP contribution in [0, 0.1) is 3.57 Å². The molecule has 2 aromatic rings. The van der Waals surface area contributed by atoms with Gasteiger partial charge >= 0.3 is 0 Å². The maximum atomic E-state index is 13.6. The summed E-state index contributed by atoms with van der Waals surface area (Å²) in [5, 5.41) is 11.3. The highest BCUT2D eigenvalue weighted by Gasteiger charge is 2.47. The van der Waals surface area contributed by atoms with Crippen LogP contribution in [0.1, 0.15) is 78.4 Å². The molecule has 0 saturated carbocycles. The maximum absolute atomic E-state index is 13.6. The summed E-state index contributed by atoms with van der Waals surface area (Å²) in [5.74, 6) is 0.0328. The molecule has 1 aliphatic carbocycles. The van der Waals surface area contributed by atoms with Gasteiger partial charge in [0.15, 0.2) is 5.71 Å². The van der Waals surface area contributed by atoms with Crippen LogP contribution < -0.4 is 4.90 Å². The molecule has 0 amide bonds. The van der Waals surface area contributed by atoms with Gasteiger partial charge < -0.3 is 10.0 Å². The van der Waals surface area contributed by atoms with Crippen molar-refractivity contribution in [3.05, 3.63) is 91.9 Å². The molecule has 3 aliphatic rings. The molecule has 5 heteroatoms. The Morgan fingerprint density at radius 3 is 2.36 bits per heavy atom. The summed E-state index contributed by atoms with van der Waals surface area (Å²) in [7, 11) is 0. The number of para-hydroxylation sites is 1. The quantitative estimate of drug-likeness (QED) is 0.181. The number of ketones is 1. The van der Waals surface area contributed by atoms with E-state index in [1.807, 2.05) is 12.2 Å². The molecular formula is C34H40IN2O2+. The van der Waals surface area contributed by atoms with Crippen LogP contribution in [-0.4, -0.2) is 34.3 Å². The van der Waals surface area contributed by atoms with E-state index in [9.17, 15) is 9.90 Å². The van der Waals surface area contributed by atoms with Crippen molar-refractivity contribution in [1.29, 1.82) is 0 Å². The predicted octanol–water partition coefficient (Wildman–Crippen LogP) is 8.27. The van der Waals surface area contributed by atoms with Gasteiger partial charge in [0.2, 0.25) is 11.5 Å². The van der Waals surface area contributed by atoms with Crippen molar-refractivity contribution < 1.29 is 14.5 Å². The molecule has 0 radical (unpaired) electrons. The minimum atomic E-state index is -0.266. The average molecular weight is 636 g/mol. The van der Waals surface area contributed by atoms with Crippen LogP contribution in [-0.2, 0) is 15.6 Å². The summed E-state index contributed by atoms with van der Waals surface area (Å²) in [6, 6.07) is 15.1. The average Bonchev–Trinajstić information content (AvgIpc) is 3.25. The second-order valence-electron chi connectivity index (χ2n) is 12.0. The molecular weight excluding hydrogens is 595 g/mol. The van der Waals surface area contributed by atoms with Gasteiger partial charge in [-0.05, 0) is 72.7 Å². The highest BCUT2D eigenvalue weighted by atomic mass is 127. The van der Waals surface area contributed by atoms with Gasteiger partial charge in [0.05, 0.1) is 16.6 Å². The van der Waals surface area contributed by atoms with E-state index in [4.69, 9.17) is 0 Å². The molecule has 1 N–H and O–H groups in total. The minimum Gasteiger partial charge on any atom is -0.506 e. The highest BCUT2D eigenvalue weighted by Crippen LogP contribution is 2.49. The fraction of sp³-hybridized carbons (Fsp3) is 0.412. The second-order valence-corrected chi connectivity index (χ2v) is 13.2. The largest absolute Gasteiger partial charge is 0.506 e. The number of aliphatic hydroxyl groups excluding tert-OH is 1. The summed E-state index contributed by atoms with van der Waals surface area (Å²) < 4.78 is 3.54. The van der Waals surface area contributed by atoms with Gasteiger partial charge in [-0.2, -0.15) is 4.58 Å². The number of hydrogen-bond acceptors (Lipinski definition) is 3.